The van der Waals surface area contributed by atoms with Gasteiger partial charge in [-0.05, 0) is 17.4 Å². The zero-order valence-electron chi connectivity index (χ0n) is 26.1. The molecular formula is C31H59N5O5S. The molecule has 1 aromatic rings. The lowest BCUT2D eigenvalue weighted by Crippen LogP contribution is -2.52. The van der Waals surface area contributed by atoms with Gasteiger partial charge in [-0.25, -0.2) is 10.4 Å². The number of hydrogen-bond acceptors (Lipinski definition) is 8. The topological polar surface area (TPSA) is 132 Å². The molecule has 0 saturated carbocycles. The van der Waals surface area contributed by atoms with Gasteiger partial charge in [0.2, 0.25) is 17.7 Å². The van der Waals surface area contributed by atoms with Crippen molar-refractivity contribution in [2.24, 2.45) is 11.8 Å². The molecular weight excluding hydrogens is 554 g/mol. The van der Waals surface area contributed by atoms with Gasteiger partial charge in [0.15, 0.2) is 5.78 Å². The maximum absolute atomic E-state index is 12.6. The predicted octanol–water partition coefficient (Wildman–Crippen LogP) is 3.03. The molecule has 0 spiro atoms. The minimum Gasteiger partial charge on any atom is -0.365 e. The van der Waals surface area contributed by atoms with Crippen molar-refractivity contribution in [3.8, 4) is 12.8 Å². The quantitative estimate of drug-likeness (QED) is 0.209. The van der Waals surface area contributed by atoms with Crippen molar-refractivity contribution in [2.45, 2.75) is 60.1 Å². The summed E-state index contributed by atoms with van der Waals surface area (Å²) in [6.45, 7) is 14.8. The van der Waals surface area contributed by atoms with Gasteiger partial charge in [-0.1, -0.05) is 71.9 Å². The van der Waals surface area contributed by atoms with Crippen molar-refractivity contribution in [3.05, 3.63) is 35.9 Å². The van der Waals surface area contributed by atoms with E-state index in [2.05, 4.69) is 75.8 Å². The third-order valence-electron chi connectivity index (χ3n) is 4.98. The van der Waals surface area contributed by atoms with Crippen LogP contribution in [0.4, 0.5) is 0 Å². The number of thioether (sulfide) groups is 1. The molecule has 2 fully saturated rings. The Labute approximate surface area is 262 Å². The predicted molar refractivity (Wildman–Crippen MR) is 179 cm³/mol. The summed E-state index contributed by atoms with van der Waals surface area (Å²) >= 11 is 1.87. The first-order chi connectivity index (χ1) is 20.0. The van der Waals surface area contributed by atoms with Gasteiger partial charge >= 0.3 is 0 Å². The van der Waals surface area contributed by atoms with Gasteiger partial charge in [0.25, 0.3) is 0 Å². The molecule has 0 bridgehead atoms. The lowest BCUT2D eigenvalue weighted by molar-refractivity contribution is -0.130. The summed E-state index contributed by atoms with van der Waals surface area (Å²) < 4.78 is 4.92. The van der Waals surface area contributed by atoms with E-state index in [0.717, 1.165) is 42.0 Å². The summed E-state index contributed by atoms with van der Waals surface area (Å²) in [5.41, 5.74) is 3.91. The molecule has 4 N–H and O–H groups in total. The summed E-state index contributed by atoms with van der Waals surface area (Å²) in [5.74, 6) is 2.24. The van der Waals surface area contributed by atoms with Crippen molar-refractivity contribution >= 4 is 35.3 Å². The minimum atomic E-state index is -0.876. The first-order valence-corrected chi connectivity index (χ1v) is 15.5. The normalized spacial score (nSPS) is 16.2. The number of Topliss-reactive ketones (excluding diaryl/α,β-unsaturated/α-hetero) is 1. The van der Waals surface area contributed by atoms with Crippen molar-refractivity contribution in [2.75, 3.05) is 50.8 Å². The van der Waals surface area contributed by atoms with Crippen LogP contribution in [0, 0.1) is 24.7 Å². The number of terminal acetylenes is 1. The molecule has 0 radical (unpaired) electrons. The van der Waals surface area contributed by atoms with Crippen LogP contribution in [-0.4, -0.2) is 91.5 Å². The van der Waals surface area contributed by atoms with E-state index in [4.69, 9.17) is 4.74 Å². The molecule has 0 aliphatic carbocycles. The van der Waals surface area contributed by atoms with Crippen LogP contribution in [0.5, 0.6) is 0 Å². The molecule has 2 aliphatic heterocycles. The van der Waals surface area contributed by atoms with Crippen LogP contribution in [-0.2, 0) is 30.3 Å². The Morgan fingerprint density at radius 2 is 1.45 bits per heavy atom. The number of hydrogen-bond donors (Lipinski definition) is 4. The SMILES string of the molecule is C#C.CC(C)C.CC(C)C.O=C(CNN1CCSCC1)NCC(=O)N[C@@H](Cc1ccccc1)C(=O)NCC(=O)[C@H]1CO1.[HH].[HH].[HH].[HH]. The lowest BCUT2D eigenvalue weighted by Gasteiger charge is -2.26. The number of nitrogens with one attached hydrogen (secondary N) is 4. The zero-order chi connectivity index (χ0) is 31.9. The number of ether oxygens (including phenoxy) is 1. The van der Waals surface area contributed by atoms with Gasteiger partial charge < -0.3 is 20.7 Å². The third kappa shape index (κ3) is 21.8. The molecule has 2 saturated heterocycles. The molecule has 244 valence electrons. The van der Waals surface area contributed by atoms with E-state index < -0.39 is 24.0 Å². The number of amides is 3. The fraction of sp³-hybridized carbons (Fsp3) is 0.613. The summed E-state index contributed by atoms with van der Waals surface area (Å²) in [6.07, 6.45) is 7.82. The van der Waals surface area contributed by atoms with E-state index >= 15 is 0 Å². The van der Waals surface area contributed by atoms with E-state index in [1.165, 1.54) is 0 Å². The minimum absolute atomic E-state index is 0. The molecule has 42 heavy (non-hydrogen) atoms. The smallest absolute Gasteiger partial charge is 0.243 e. The van der Waals surface area contributed by atoms with E-state index in [9.17, 15) is 19.2 Å². The molecule has 3 rings (SSSR count). The van der Waals surface area contributed by atoms with Gasteiger partial charge in [-0.15, -0.1) is 12.8 Å². The van der Waals surface area contributed by atoms with Gasteiger partial charge in [-0.3, -0.25) is 19.2 Å². The average molecular weight is 614 g/mol. The second-order valence-corrected chi connectivity index (χ2v) is 12.2. The Kier molecular flexibility index (Phi) is 22.0. The molecule has 0 unspecified atom stereocenters. The van der Waals surface area contributed by atoms with Crippen LogP contribution in [0.2, 0.25) is 0 Å². The molecule has 1 aromatic carbocycles. The maximum Gasteiger partial charge on any atom is 0.243 e. The van der Waals surface area contributed by atoms with Gasteiger partial charge in [0, 0.05) is 36.7 Å². The summed E-state index contributed by atoms with van der Waals surface area (Å²) in [7, 11) is 0. The summed E-state index contributed by atoms with van der Waals surface area (Å²) in [6, 6.07) is 8.36. The van der Waals surface area contributed by atoms with Crippen molar-refractivity contribution in [3.63, 3.8) is 0 Å². The number of hydrazine groups is 1. The second kappa shape index (κ2) is 23.6. The van der Waals surface area contributed by atoms with E-state index in [-0.39, 0.29) is 43.5 Å². The van der Waals surface area contributed by atoms with Crippen LogP contribution in [0.15, 0.2) is 30.3 Å². The van der Waals surface area contributed by atoms with E-state index in [1.807, 2.05) is 47.1 Å². The molecule has 2 aliphatic rings. The van der Waals surface area contributed by atoms with Crippen molar-refractivity contribution in [1.82, 2.24) is 26.4 Å². The van der Waals surface area contributed by atoms with Crippen molar-refractivity contribution < 1.29 is 29.6 Å². The first kappa shape index (κ1) is 39.1. The Bertz CT molecular complexity index is 940. The standard InChI is InChI=1S/C21H29N5O5S.2C4H10.C2H2.4H2/c27-17(18-14-31-18)11-23-21(30)16(10-15-4-2-1-3-5-15)25-20(29)12-22-19(28)13-24-26-6-8-32-9-7-26;2*1-4(2)3;1-2;;;;/h1-5,16,18,24H,6-14H2,(H,22,28)(H,23,30)(H,25,29);2*4H,1-3H3;1-2H;4*1H/t16-,18+;;;;;;;/m0......./s1. The Balaban J connectivity index is -0.000000355. The van der Waals surface area contributed by atoms with Crippen LogP contribution in [0.25, 0.3) is 0 Å². The fourth-order valence-electron chi connectivity index (χ4n) is 3.10. The highest BCUT2D eigenvalue weighted by Crippen LogP contribution is 2.09. The number of carbonyl (C=O) groups is 4. The molecule has 2 heterocycles. The molecule has 0 aromatic heterocycles. The number of carbonyl (C=O) groups excluding carboxylic acids is 4. The van der Waals surface area contributed by atoms with Gasteiger partial charge in [-0.2, -0.15) is 11.8 Å². The molecule has 11 heteroatoms. The highest BCUT2D eigenvalue weighted by Gasteiger charge is 2.31. The molecule has 10 nitrogen and oxygen atoms in total. The monoisotopic (exact) mass is 613 g/mol. The van der Waals surface area contributed by atoms with Crippen LogP contribution in [0.3, 0.4) is 0 Å². The highest BCUT2D eigenvalue weighted by molar-refractivity contribution is 7.99. The van der Waals surface area contributed by atoms with Crippen LogP contribution >= 0.6 is 11.8 Å². The molecule has 3 amide bonds. The Morgan fingerprint density at radius 1 is 0.905 bits per heavy atom. The zero-order valence-corrected chi connectivity index (χ0v) is 26.9. The highest BCUT2D eigenvalue weighted by atomic mass is 32.2. The number of nitrogens with zero attached hydrogens (tertiary/aromatic N) is 1. The number of ketones is 1. The van der Waals surface area contributed by atoms with Crippen LogP contribution in [0.1, 0.15) is 52.8 Å². The molecule has 2 atom stereocenters. The fourth-order valence-corrected chi connectivity index (χ4v) is 4.00. The second-order valence-electron chi connectivity index (χ2n) is 11.0. The Morgan fingerprint density at radius 3 is 1.98 bits per heavy atom. The van der Waals surface area contributed by atoms with E-state index in [1.54, 1.807) is 0 Å². The first-order valence-electron chi connectivity index (χ1n) is 14.4. The number of benzene rings is 1. The largest absolute Gasteiger partial charge is 0.365 e. The summed E-state index contributed by atoms with van der Waals surface area (Å²) in [5, 5.41) is 9.76. The third-order valence-corrected chi connectivity index (χ3v) is 5.93. The van der Waals surface area contributed by atoms with E-state index in [0.29, 0.717) is 6.61 Å². The van der Waals surface area contributed by atoms with Crippen LogP contribution < -0.4 is 21.4 Å². The van der Waals surface area contributed by atoms with Crippen molar-refractivity contribution in [1.29, 1.82) is 0 Å². The summed E-state index contributed by atoms with van der Waals surface area (Å²) in [4.78, 5) is 48.8. The maximum atomic E-state index is 12.6. The lowest BCUT2D eigenvalue weighted by atomic mass is 10.1. The number of epoxide rings is 1. The van der Waals surface area contributed by atoms with Gasteiger partial charge in [0.1, 0.15) is 12.1 Å². The van der Waals surface area contributed by atoms with Gasteiger partial charge in [0.05, 0.1) is 26.2 Å². The average Bonchev–Trinajstić information content (AvgIpc) is 3.81. The Hall–Kier alpha value is -2.91. The number of rotatable bonds is 12.